The summed E-state index contributed by atoms with van der Waals surface area (Å²) in [5, 5.41) is 16.1. The van der Waals surface area contributed by atoms with Crippen molar-refractivity contribution in [2.75, 3.05) is 59.1 Å². The zero-order valence-corrected chi connectivity index (χ0v) is 15.5. The fourth-order valence-electron chi connectivity index (χ4n) is 3.49. The molecule has 1 unspecified atom stereocenters. The monoisotopic (exact) mass is 340 g/mol. The van der Waals surface area contributed by atoms with Crippen LogP contribution in [-0.2, 0) is 4.74 Å². The second kappa shape index (κ2) is 10.2. The van der Waals surface area contributed by atoms with Crippen LogP contribution in [0.15, 0.2) is 4.99 Å². The van der Waals surface area contributed by atoms with Gasteiger partial charge in [-0.05, 0) is 51.6 Å². The first kappa shape index (κ1) is 19.5. The number of nitrogens with one attached hydrogen (secondary N) is 2. The van der Waals surface area contributed by atoms with Crippen molar-refractivity contribution in [3.63, 3.8) is 0 Å². The van der Waals surface area contributed by atoms with E-state index in [2.05, 4.69) is 29.4 Å². The van der Waals surface area contributed by atoms with E-state index >= 15 is 0 Å². The van der Waals surface area contributed by atoms with Gasteiger partial charge in [0.25, 0.3) is 0 Å². The average Bonchev–Trinajstić information content (AvgIpc) is 3.04. The van der Waals surface area contributed by atoms with Gasteiger partial charge in [-0.2, -0.15) is 0 Å². The van der Waals surface area contributed by atoms with Crippen molar-refractivity contribution >= 4 is 5.96 Å². The molecule has 0 amide bonds. The lowest BCUT2D eigenvalue weighted by Gasteiger charge is -2.30. The number of aliphatic imine (C=N–C) groups is 1. The minimum Gasteiger partial charge on any atom is -0.396 e. The molecule has 0 radical (unpaired) electrons. The summed E-state index contributed by atoms with van der Waals surface area (Å²) in [4.78, 5) is 7.30. The van der Waals surface area contributed by atoms with Crippen LogP contribution in [0.2, 0.25) is 0 Å². The molecule has 0 aromatic carbocycles. The van der Waals surface area contributed by atoms with Gasteiger partial charge in [0.15, 0.2) is 5.96 Å². The molecule has 24 heavy (non-hydrogen) atoms. The van der Waals surface area contributed by atoms with Crippen molar-refractivity contribution in [1.82, 2.24) is 15.5 Å². The predicted octanol–water partition coefficient (Wildman–Crippen LogP) is 1.06. The molecule has 0 bridgehead atoms. The minimum atomic E-state index is 0.0140. The predicted molar refractivity (Wildman–Crippen MR) is 98.4 cm³/mol. The lowest BCUT2D eigenvalue weighted by atomic mass is 9.84. The highest BCUT2D eigenvalue weighted by Crippen LogP contribution is 2.32. The Labute approximate surface area is 147 Å². The van der Waals surface area contributed by atoms with Crippen LogP contribution < -0.4 is 10.6 Å². The molecule has 0 aromatic rings. The summed E-state index contributed by atoms with van der Waals surface area (Å²) in [7, 11) is 0. The van der Waals surface area contributed by atoms with Crippen molar-refractivity contribution in [3.8, 4) is 0 Å². The van der Waals surface area contributed by atoms with Crippen LogP contribution in [0.5, 0.6) is 0 Å². The van der Waals surface area contributed by atoms with E-state index in [1.165, 1.54) is 25.9 Å². The molecule has 140 valence electrons. The highest BCUT2D eigenvalue weighted by molar-refractivity contribution is 5.79. The Morgan fingerprint density at radius 2 is 2.12 bits per heavy atom. The molecule has 6 nitrogen and oxygen atoms in total. The molecule has 0 aliphatic carbocycles. The quantitative estimate of drug-likeness (QED) is 0.455. The highest BCUT2D eigenvalue weighted by atomic mass is 16.5. The van der Waals surface area contributed by atoms with Gasteiger partial charge in [-0.3, -0.25) is 4.99 Å². The summed E-state index contributed by atoms with van der Waals surface area (Å²) in [6, 6.07) is 0. The molecule has 0 saturated carbocycles. The highest BCUT2D eigenvalue weighted by Gasteiger charge is 2.34. The Morgan fingerprint density at radius 3 is 2.75 bits per heavy atom. The Kier molecular flexibility index (Phi) is 8.29. The molecule has 3 N–H and O–H groups in total. The maximum Gasteiger partial charge on any atom is 0.191 e. The fraction of sp³-hybridized carbons (Fsp3) is 0.944. The van der Waals surface area contributed by atoms with E-state index in [0.717, 1.165) is 51.0 Å². The molecule has 2 aliphatic heterocycles. The molecule has 0 spiro atoms. The summed E-state index contributed by atoms with van der Waals surface area (Å²) in [5.74, 6) is 1.76. The van der Waals surface area contributed by atoms with Crippen LogP contribution in [0, 0.1) is 11.3 Å². The molecule has 0 aromatic heterocycles. The van der Waals surface area contributed by atoms with E-state index in [4.69, 9.17) is 9.73 Å². The van der Waals surface area contributed by atoms with Crippen molar-refractivity contribution in [2.45, 2.75) is 39.5 Å². The summed E-state index contributed by atoms with van der Waals surface area (Å²) in [6.07, 6.45) is 4.39. The standard InChI is InChI=1S/C18H36N4O2/c1-3-19-17(20-8-11-22-9-4-16(2)5-10-22)21-14-18(6-12-23)7-13-24-15-18/h16,23H,3-15H2,1-2H3,(H2,19,20,21). The largest absolute Gasteiger partial charge is 0.396 e. The van der Waals surface area contributed by atoms with Crippen molar-refractivity contribution < 1.29 is 9.84 Å². The molecular weight excluding hydrogens is 304 g/mol. The fourth-order valence-corrected chi connectivity index (χ4v) is 3.49. The van der Waals surface area contributed by atoms with Gasteiger partial charge in [0.05, 0.1) is 13.2 Å². The molecule has 2 aliphatic rings. The zero-order valence-electron chi connectivity index (χ0n) is 15.5. The second-order valence-corrected chi connectivity index (χ2v) is 7.42. The van der Waals surface area contributed by atoms with Crippen molar-refractivity contribution in [3.05, 3.63) is 0 Å². The van der Waals surface area contributed by atoms with Gasteiger partial charge in [0.1, 0.15) is 0 Å². The van der Waals surface area contributed by atoms with Gasteiger partial charge in [-0.15, -0.1) is 0 Å². The number of guanidine groups is 1. The third-order valence-electron chi connectivity index (χ3n) is 5.34. The van der Waals surface area contributed by atoms with E-state index in [-0.39, 0.29) is 12.0 Å². The minimum absolute atomic E-state index is 0.0140. The first-order valence-electron chi connectivity index (χ1n) is 9.60. The van der Waals surface area contributed by atoms with Gasteiger partial charge in [0, 0.05) is 38.3 Å². The number of hydrogen-bond donors (Lipinski definition) is 3. The number of aliphatic hydroxyl groups excluding tert-OH is 1. The van der Waals surface area contributed by atoms with Crippen LogP contribution in [0.3, 0.4) is 0 Å². The molecule has 2 heterocycles. The summed E-state index contributed by atoms with van der Waals surface area (Å²) in [5.41, 5.74) is 0.0140. The molecule has 2 rings (SSSR count). The van der Waals surface area contributed by atoms with Gasteiger partial charge in [0.2, 0.25) is 0 Å². The molecule has 2 fully saturated rings. The van der Waals surface area contributed by atoms with Crippen LogP contribution in [0.25, 0.3) is 0 Å². The number of aliphatic hydroxyl groups is 1. The normalized spacial score (nSPS) is 26.7. The Bertz CT molecular complexity index is 375. The average molecular weight is 341 g/mol. The first-order valence-corrected chi connectivity index (χ1v) is 9.60. The van der Waals surface area contributed by atoms with Crippen LogP contribution in [0.1, 0.15) is 39.5 Å². The number of rotatable bonds is 8. The molecule has 2 saturated heterocycles. The number of nitrogens with zero attached hydrogens (tertiary/aromatic N) is 2. The maximum absolute atomic E-state index is 9.32. The van der Waals surface area contributed by atoms with Crippen molar-refractivity contribution in [2.24, 2.45) is 16.3 Å². The molecule has 1 atom stereocenters. The van der Waals surface area contributed by atoms with Gasteiger partial charge < -0.3 is 25.4 Å². The zero-order chi connectivity index (χ0) is 17.3. The molecular formula is C18H36N4O2. The maximum atomic E-state index is 9.32. The van der Waals surface area contributed by atoms with Gasteiger partial charge in [-0.25, -0.2) is 0 Å². The van der Waals surface area contributed by atoms with Crippen LogP contribution >= 0.6 is 0 Å². The van der Waals surface area contributed by atoms with Crippen molar-refractivity contribution in [1.29, 1.82) is 0 Å². The second-order valence-electron chi connectivity index (χ2n) is 7.42. The van der Waals surface area contributed by atoms with E-state index in [1.54, 1.807) is 0 Å². The van der Waals surface area contributed by atoms with E-state index < -0.39 is 0 Å². The first-order chi connectivity index (χ1) is 11.7. The summed E-state index contributed by atoms with van der Waals surface area (Å²) in [6.45, 7) is 12.1. The van der Waals surface area contributed by atoms with E-state index in [1.807, 2.05) is 0 Å². The smallest absolute Gasteiger partial charge is 0.191 e. The third kappa shape index (κ3) is 6.22. The number of ether oxygens (including phenoxy) is 1. The lowest BCUT2D eigenvalue weighted by Crippen LogP contribution is -2.44. The number of piperidine rings is 1. The summed E-state index contributed by atoms with van der Waals surface area (Å²) >= 11 is 0. The van der Waals surface area contributed by atoms with Gasteiger partial charge >= 0.3 is 0 Å². The number of likely N-dealkylation sites (tertiary alicyclic amines) is 1. The summed E-state index contributed by atoms with van der Waals surface area (Å²) < 4.78 is 5.55. The Hall–Kier alpha value is -0.850. The topological polar surface area (TPSA) is 69.1 Å². The van der Waals surface area contributed by atoms with E-state index in [9.17, 15) is 5.11 Å². The lowest BCUT2D eigenvalue weighted by molar-refractivity contribution is 0.131. The van der Waals surface area contributed by atoms with Crippen LogP contribution in [-0.4, -0.2) is 75.1 Å². The SMILES string of the molecule is CCNC(=NCC1(CCO)CCOC1)NCCN1CCC(C)CC1. The van der Waals surface area contributed by atoms with E-state index in [0.29, 0.717) is 13.2 Å². The molecule has 6 heteroatoms. The number of hydrogen-bond acceptors (Lipinski definition) is 4. The Balaban J connectivity index is 1.77. The third-order valence-corrected chi connectivity index (χ3v) is 5.34. The van der Waals surface area contributed by atoms with Crippen LogP contribution in [0.4, 0.5) is 0 Å². The Morgan fingerprint density at radius 1 is 1.33 bits per heavy atom. The van der Waals surface area contributed by atoms with Gasteiger partial charge in [-0.1, -0.05) is 6.92 Å².